The molecule has 0 heterocycles. The van der Waals surface area contributed by atoms with Crippen molar-refractivity contribution in [2.75, 3.05) is 7.11 Å². The van der Waals surface area contributed by atoms with Crippen molar-refractivity contribution in [2.24, 2.45) is 11.8 Å². The number of methoxy groups -OCH3 is 1. The molecule has 0 aliphatic heterocycles. The van der Waals surface area contributed by atoms with Gasteiger partial charge in [0.05, 0.1) is 13.2 Å². The Morgan fingerprint density at radius 1 is 1.07 bits per heavy atom. The van der Waals surface area contributed by atoms with Crippen LogP contribution in [0.25, 0.3) is 0 Å². The number of ether oxygens (including phenoxy) is 1. The molecule has 0 amide bonds. The van der Waals surface area contributed by atoms with E-state index in [1.807, 2.05) is 12.2 Å². The lowest BCUT2D eigenvalue weighted by atomic mass is 9.86. The quantitative estimate of drug-likeness (QED) is 0.256. The van der Waals surface area contributed by atoms with Crippen molar-refractivity contribution in [1.82, 2.24) is 0 Å². The number of aliphatic hydroxyl groups excluding tert-OH is 1. The highest BCUT2D eigenvalue weighted by Crippen LogP contribution is 2.35. The molecule has 5 nitrogen and oxygen atoms in total. The summed E-state index contributed by atoms with van der Waals surface area (Å²) in [5.74, 6) is -0.222. The van der Waals surface area contributed by atoms with E-state index in [1.165, 1.54) is 12.7 Å². The fourth-order valence-corrected chi connectivity index (χ4v) is 3.85. The number of ketones is 2. The number of hydrogen-bond donors (Lipinski definition) is 1. The van der Waals surface area contributed by atoms with Crippen LogP contribution in [-0.2, 0) is 19.1 Å². The SMILES string of the molecule is COC(=O)CCC/C=C/CC1C(=O)CC(O)C1CCC(=O)CCCCC=C(C)C. The number of carbonyl (C=O) groups excluding carboxylic acids is 3. The number of aliphatic hydroxyl groups is 1. The van der Waals surface area contributed by atoms with Gasteiger partial charge in [-0.05, 0) is 64.7 Å². The van der Waals surface area contributed by atoms with Gasteiger partial charge in [-0.25, -0.2) is 0 Å². The topological polar surface area (TPSA) is 80.7 Å². The van der Waals surface area contributed by atoms with Gasteiger partial charge < -0.3 is 9.84 Å². The molecule has 0 spiro atoms. The molecular weight excluding hydrogens is 368 g/mol. The molecule has 1 N–H and O–H groups in total. The zero-order chi connectivity index (χ0) is 21.6. The molecule has 1 aliphatic carbocycles. The minimum atomic E-state index is -0.634. The number of carbonyl (C=O) groups is 3. The fraction of sp³-hybridized carbons (Fsp3) is 0.708. The predicted octanol–water partition coefficient (Wildman–Crippen LogP) is 4.72. The molecule has 0 aromatic heterocycles. The summed E-state index contributed by atoms with van der Waals surface area (Å²) in [5.41, 5.74) is 1.31. The molecule has 1 fully saturated rings. The lowest BCUT2D eigenvalue weighted by Crippen LogP contribution is -2.21. The Morgan fingerprint density at radius 3 is 2.52 bits per heavy atom. The standard InChI is InChI=1S/C24H38O5/c1-18(2)11-7-6-8-12-19(25)15-16-21-20(22(26)17-23(21)27)13-9-4-5-10-14-24(28)29-3/h4,9,11,20-21,23,27H,5-8,10,12-17H2,1-3H3/b9-4+. The third kappa shape index (κ3) is 10.6. The van der Waals surface area contributed by atoms with Crippen LogP contribution in [0.5, 0.6) is 0 Å². The van der Waals surface area contributed by atoms with Crippen LogP contribution in [0, 0.1) is 11.8 Å². The summed E-state index contributed by atoms with van der Waals surface area (Å²) in [6.45, 7) is 4.15. The van der Waals surface area contributed by atoms with Gasteiger partial charge in [0, 0.05) is 31.6 Å². The molecular formula is C24H38O5. The predicted molar refractivity (Wildman–Crippen MR) is 114 cm³/mol. The Kier molecular flexibility index (Phi) is 12.4. The number of allylic oxidation sites excluding steroid dienone is 4. The van der Waals surface area contributed by atoms with Crippen molar-refractivity contribution in [2.45, 2.75) is 90.6 Å². The number of unbranched alkanes of at least 4 members (excludes halogenated alkanes) is 3. The van der Waals surface area contributed by atoms with Crippen LogP contribution in [-0.4, -0.2) is 35.9 Å². The highest BCUT2D eigenvalue weighted by molar-refractivity contribution is 5.84. The summed E-state index contributed by atoms with van der Waals surface area (Å²) in [6, 6.07) is 0. The smallest absolute Gasteiger partial charge is 0.305 e. The molecule has 3 atom stereocenters. The molecule has 0 bridgehead atoms. The second kappa shape index (κ2) is 14.3. The van der Waals surface area contributed by atoms with Gasteiger partial charge in [0.15, 0.2) is 0 Å². The molecule has 164 valence electrons. The average molecular weight is 407 g/mol. The van der Waals surface area contributed by atoms with E-state index in [0.717, 1.165) is 32.1 Å². The van der Waals surface area contributed by atoms with Crippen molar-refractivity contribution in [3.63, 3.8) is 0 Å². The van der Waals surface area contributed by atoms with Crippen molar-refractivity contribution in [3.8, 4) is 0 Å². The number of esters is 1. The van der Waals surface area contributed by atoms with E-state index >= 15 is 0 Å². The lowest BCUT2D eigenvalue weighted by molar-refractivity contribution is -0.140. The molecule has 1 aliphatic rings. The Hall–Kier alpha value is -1.75. The summed E-state index contributed by atoms with van der Waals surface area (Å²) in [7, 11) is 1.38. The van der Waals surface area contributed by atoms with Crippen molar-refractivity contribution in [1.29, 1.82) is 0 Å². The number of rotatable bonds is 14. The van der Waals surface area contributed by atoms with E-state index in [0.29, 0.717) is 32.1 Å². The Bertz CT molecular complexity index is 586. The normalized spacial score (nSPS) is 21.5. The second-order valence-electron chi connectivity index (χ2n) is 8.29. The highest BCUT2D eigenvalue weighted by atomic mass is 16.5. The maximum absolute atomic E-state index is 12.2. The Labute approximate surface area is 175 Å². The first-order valence-electron chi connectivity index (χ1n) is 10.9. The maximum Gasteiger partial charge on any atom is 0.305 e. The van der Waals surface area contributed by atoms with Gasteiger partial charge in [-0.2, -0.15) is 0 Å². The van der Waals surface area contributed by atoms with E-state index in [9.17, 15) is 19.5 Å². The van der Waals surface area contributed by atoms with E-state index in [1.54, 1.807) is 0 Å². The summed E-state index contributed by atoms with van der Waals surface area (Å²) in [5, 5.41) is 10.3. The van der Waals surface area contributed by atoms with Crippen LogP contribution in [0.4, 0.5) is 0 Å². The van der Waals surface area contributed by atoms with Gasteiger partial charge in [0.1, 0.15) is 11.6 Å². The molecule has 5 heteroatoms. The maximum atomic E-state index is 12.2. The van der Waals surface area contributed by atoms with Gasteiger partial charge in [-0.3, -0.25) is 14.4 Å². The van der Waals surface area contributed by atoms with Gasteiger partial charge in [0.2, 0.25) is 0 Å². The molecule has 1 rings (SSSR count). The third-order valence-corrected chi connectivity index (χ3v) is 5.59. The highest BCUT2D eigenvalue weighted by Gasteiger charge is 2.40. The Morgan fingerprint density at radius 2 is 1.83 bits per heavy atom. The zero-order valence-electron chi connectivity index (χ0n) is 18.3. The van der Waals surface area contributed by atoms with Crippen LogP contribution in [0.1, 0.15) is 84.5 Å². The van der Waals surface area contributed by atoms with E-state index in [-0.39, 0.29) is 35.8 Å². The summed E-state index contributed by atoms with van der Waals surface area (Å²) < 4.78 is 4.60. The minimum absolute atomic E-state index is 0.0934. The number of hydrogen-bond acceptors (Lipinski definition) is 5. The minimum Gasteiger partial charge on any atom is -0.469 e. The van der Waals surface area contributed by atoms with Crippen molar-refractivity contribution >= 4 is 17.5 Å². The summed E-state index contributed by atoms with van der Waals surface area (Å²) in [4.78, 5) is 35.5. The fourth-order valence-electron chi connectivity index (χ4n) is 3.85. The van der Waals surface area contributed by atoms with E-state index < -0.39 is 6.10 Å². The molecule has 1 saturated carbocycles. The third-order valence-electron chi connectivity index (χ3n) is 5.59. The summed E-state index contributed by atoms with van der Waals surface area (Å²) in [6.07, 6.45) is 12.7. The first-order valence-corrected chi connectivity index (χ1v) is 10.9. The molecule has 0 saturated heterocycles. The molecule has 3 unspecified atom stereocenters. The van der Waals surface area contributed by atoms with Gasteiger partial charge in [-0.1, -0.05) is 23.8 Å². The van der Waals surface area contributed by atoms with E-state index in [4.69, 9.17) is 0 Å². The van der Waals surface area contributed by atoms with Crippen LogP contribution in [0.3, 0.4) is 0 Å². The monoisotopic (exact) mass is 406 g/mol. The van der Waals surface area contributed by atoms with Crippen LogP contribution in [0.2, 0.25) is 0 Å². The second-order valence-corrected chi connectivity index (χ2v) is 8.29. The average Bonchev–Trinajstić information content (AvgIpc) is 2.94. The van der Waals surface area contributed by atoms with Crippen molar-refractivity contribution in [3.05, 3.63) is 23.8 Å². The molecule has 29 heavy (non-hydrogen) atoms. The van der Waals surface area contributed by atoms with Crippen LogP contribution >= 0.6 is 0 Å². The molecule has 0 aromatic carbocycles. The Balaban J connectivity index is 2.34. The zero-order valence-corrected chi connectivity index (χ0v) is 18.3. The molecule has 0 radical (unpaired) electrons. The largest absolute Gasteiger partial charge is 0.469 e. The first kappa shape index (κ1) is 25.3. The van der Waals surface area contributed by atoms with Gasteiger partial charge >= 0.3 is 5.97 Å². The lowest BCUT2D eigenvalue weighted by Gasteiger charge is -2.19. The summed E-state index contributed by atoms with van der Waals surface area (Å²) >= 11 is 0. The van der Waals surface area contributed by atoms with Crippen LogP contribution in [0.15, 0.2) is 23.8 Å². The van der Waals surface area contributed by atoms with Crippen LogP contribution < -0.4 is 0 Å². The van der Waals surface area contributed by atoms with Gasteiger partial charge in [-0.15, -0.1) is 0 Å². The number of Topliss-reactive ketones (excluding diaryl/α,β-unsaturated/α-hetero) is 2. The van der Waals surface area contributed by atoms with Crippen molar-refractivity contribution < 1.29 is 24.2 Å². The van der Waals surface area contributed by atoms with E-state index in [2.05, 4.69) is 24.7 Å². The molecule has 0 aromatic rings. The first-order chi connectivity index (χ1) is 13.8. The van der Waals surface area contributed by atoms with Gasteiger partial charge in [0.25, 0.3) is 0 Å².